The SMILES string of the molecule is NC(=O)CNC(=O)[C@H](Cc1ccccc1)NC(=O)c1cc2cc(Cl)ccc2[nH]1. The third-order valence-electron chi connectivity index (χ3n) is 4.17. The number of hydrogen-bond donors (Lipinski definition) is 4. The summed E-state index contributed by atoms with van der Waals surface area (Å²) in [5.41, 5.74) is 7.01. The topological polar surface area (TPSA) is 117 Å². The van der Waals surface area contributed by atoms with Gasteiger partial charge in [0.25, 0.3) is 5.91 Å². The van der Waals surface area contributed by atoms with E-state index in [1.165, 1.54) is 0 Å². The van der Waals surface area contributed by atoms with Gasteiger partial charge in [-0.25, -0.2) is 0 Å². The summed E-state index contributed by atoms with van der Waals surface area (Å²) in [4.78, 5) is 39.1. The highest BCUT2D eigenvalue weighted by Gasteiger charge is 2.23. The highest BCUT2D eigenvalue weighted by molar-refractivity contribution is 6.31. The third-order valence-corrected chi connectivity index (χ3v) is 4.40. The van der Waals surface area contributed by atoms with Gasteiger partial charge in [-0.15, -0.1) is 0 Å². The van der Waals surface area contributed by atoms with Gasteiger partial charge < -0.3 is 21.4 Å². The molecule has 3 amide bonds. The molecule has 2 aromatic carbocycles. The van der Waals surface area contributed by atoms with E-state index < -0.39 is 23.8 Å². The Bertz CT molecular complexity index is 1020. The van der Waals surface area contributed by atoms with E-state index in [1.54, 1.807) is 24.3 Å². The molecule has 1 heterocycles. The minimum absolute atomic E-state index is 0.267. The van der Waals surface area contributed by atoms with E-state index in [2.05, 4.69) is 15.6 Å². The van der Waals surface area contributed by atoms with Crippen molar-refractivity contribution in [2.45, 2.75) is 12.5 Å². The zero-order valence-corrected chi connectivity index (χ0v) is 15.6. The van der Waals surface area contributed by atoms with Crippen LogP contribution in [0.25, 0.3) is 10.9 Å². The van der Waals surface area contributed by atoms with E-state index in [1.807, 2.05) is 30.3 Å². The Morgan fingerprint density at radius 2 is 1.82 bits per heavy atom. The van der Waals surface area contributed by atoms with Crippen LogP contribution in [0.15, 0.2) is 54.6 Å². The third kappa shape index (κ3) is 4.89. The van der Waals surface area contributed by atoms with E-state index >= 15 is 0 Å². The van der Waals surface area contributed by atoms with Gasteiger partial charge in [-0.3, -0.25) is 14.4 Å². The van der Waals surface area contributed by atoms with Crippen LogP contribution in [0.1, 0.15) is 16.1 Å². The van der Waals surface area contributed by atoms with Crippen molar-refractivity contribution in [1.29, 1.82) is 0 Å². The van der Waals surface area contributed by atoms with Crippen LogP contribution in [0, 0.1) is 0 Å². The molecule has 1 aromatic heterocycles. The molecular formula is C20H19ClN4O3. The monoisotopic (exact) mass is 398 g/mol. The fourth-order valence-electron chi connectivity index (χ4n) is 2.82. The zero-order valence-electron chi connectivity index (χ0n) is 14.9. The van der Waals surface area contributed by atoms with Crippen molar-refractivity contribution in [2.24, 2.45) is 5.73 Å². The number of fused-ring (bicyclic) bond motifs is 1. The molecule has 1 atom stereocenters. The molecular weight excluding hydrogens is 380 g/mol. The first-order chi connectivity index (χ1) is 13.4. The average Bonchev–Trinajstić information content (AvgIpc) is 3.09. The largest absolute Gasteiger partial charge is 0.368 e. The standard InChI is InChI=1S/C20H19ClN4O3/c21-14-6-7-15-13(9-14)10-17(24-15)20(28)25-16(19(27)23-11-18(22)26)8-12-4-2-1-3-5-12/h1-7,9-10,16,24H,8,11H2,(H2,22,26)(H,23,27)(H,25,28)/t16-/m0/s1. The van der Waals surface area contributed by atoms with Gasteiger partial charge in [-0.2, -0.15) is 0 Å². The summed E-state index contributed by atoms with van der Waals surface area (Å²) in [5.74, 6) is -1.59. The lowest BCUT2D eigenvalue weighted by Crippen LogP contribution is -2.49. The molecule has 0 aliphatic carbocycles. The number of primary amides is 1. The number of benzene rings is 2. The van der Waals surface area contributed by atoms with Crippen LogP contribution in [-0.4, -0.2) is 35.3 Å². The molecule has 0 saturated carbocycles. The summed E-state index contributed by atoms with van der Waals surface area (Å²) in [5, 5.41) is 6.50. The molecule has 0 radical (unpaired) electrons. The summed E-state index contributed by atoms with van der Waals surface area (Å²) in [6, 6.07) is 15.3. The number of nitrogens with one attached hydrogen (secondary N) is 3. The van der Waals surface area contributed by atoms with Crippen molar-refractivity contribution in [1.82, 2.24) is 15.6 Å². The summed E-state index contributed by atoms with van der Waals surface area (Å²) in [6.07, 6.45) is 0.267. The maximum atomic E-state index is 12.7. The lowest BCUT2D eigenvalue weighted by atomic mass is 10.0. The van der Waals surface area contributed by atoms with E-state index in [9.17, 15) is 14.4 Å². The number of carbonyl (C=O) groups is 3. The van der Waals surface area contributed by atoms with Gasteiger partial charge in [0.15, 0.2) is 0 Å². The molecule has 0 saturated heterocycles. The number of amides is 3. The first kappa shape index (κ1) is 19.4. The van der Waals surface area contributed by atoms with Gasteiger partial charge in [0, 0.05) is 22.3 Å². The van der Waals surface area contributed by atoms with Crippen molar-refractivity contribution in [3.8, 4) is 0 Å². The lowest BCUT2D eigenvalue weighted by Gasteiger charge is -2.18. The molecule has 5 N–H and O–H groups in total. The van der Waals surface area contributed by atoms with Crippen molar-refractivity contribution >= 4 is 40.2 Å². The highest BCUT2D eigenvalue weighted by Crippen LogP contribution is 2.20. The molecule has 3 rings (SSSR count). The molecule has 0 unspecified atom stereocenters. The first-order valence-electron chi connectivity index (χ1n) is 8.61. The van der Waals surface area contributed by atoms with Crippen LogP contribution < -0.4 is 16.4 Å². The van der Waals surface area contributed by atoms with Gasteiger partial charge >= 0.3 is 0 Å². The Hall–Kier alpha value is -3.32. The van der Waals surface area contributed by atoms with Crippen molar-refractivity contribution in [3.05, 3.63) is 70.9 Å². The fraction of sp³-hybridized carbons (Fsp3) is 0.150. The molecule has 28 heavy (non-hydrogen) atoms. The molecule has 0 aliphatic heterocycles. The number of hydrogen-bond acceptors (Lipinski definition) is 3. The number of rotatable bonds is 7. The van der Waals surface area contributed by atoms with Crippen molar-refractivity contribution < 1.29 is 14.4 Å². The Labute approximate surface area is 166 Å². The number of nitrogens with two attached hydrogens (primary N) is 1. The Balaban J connectivity index is 1.78. The predicted molar refractivity (Wildman–Crippen MR) is 107 cm³/mol. The Morgan fingerprint density at radius 3 is 2.54 bits per heavy atom. The van der Waals surface area contributed by atoms with Gasteiger partial charge in [-0.1, -0.05) is 41.9 Å². The van der Waals surface area contributed by atoms with Crippen LogP contribution in [0.5, 0.6) is 0 Å². The molecule has 7 nitrogen and oxygen atoms in total. The first-order valence-corrected chi connectivity index (χ1v) is 8.99. The second-order valence-corrected chi connectivity index (χ2v) is 6.75. The predicted octanol–water partition coefficient (Wildman–Crippen LogP) is 1.76. The smallest absolute Gasteiger partial charge is 0.268 e. The second kappa shape index (κ2) is 8.58. The molecule has 144 valence electrons. The van der Waals surface area contributed by atoms with Gasteiger partial charge in [0.05, 0.1) is 6.54 Å². The lowest BCUT2D eigenvalue weighted by molar-refractivity contribution is -0.126. The van der Waals surface area contributed by atoms with Crippen LogP contribution in [0.3, 0.4) is 0 Å². The summed E-state index contributed by atoms with van der Waals surface area (Å²) in [7, 11) is 0. The Kier molecular flexibility index (Phi) is 5.96. The van der Waals surface area contributed by atoms with Crippen LogP contribution >= 0.6 is 11.6 Å². The minimum atomic E-state index is -0.871. The van der Waals surface area contributed by atoms with Gasteiger partial charge in [0.2, 0.25) is 11.8 Å². The highest BCUT2D eigenvalue weighted by atomic mass is 35.5. The number of halogens is 1. The summed E-state index contributed by atoms with van der Waals surface area (Å²) >= 11 is 5.98. The number of carbonyl (C=O) groups excluding carboxylic acids is 3. The van der Waals surface area contributed by atoms with Crippen molar-refractivity contribution in [2.75, 3.05) is 6.54 Å². The minimum Gasteiger partial charge on any atom is -0.368 e. The number of aromatic amines is 1. The number of H-pyrrole nitrogens is 1. The maximum Gasteiger partial charge on any atom is 0.268 e. The van der Waals surface area contributed by atoms with Crippen LogP contribution in [0.2, 0.25) is 5.02 Å². The second-order valence-electron chi connectivity index (χ2n) is 6.31. The van der Waals surface area contributed by atoms with Crippen LogP contribution in [0.4, 0.5) is 0 Å². The van der Waals surface area contributed by atoms with Gasteiger partial charge in [-0.05, 0) is 29.8 Å². The summed E-state index contributed by atoms with van der Waals surface area (Å²) in [6.45, 7) is -0.301. The molecule has 3 aromatic rings. The van der Waals surface area contributed by atoms with E-state index in [0.29, 0.717) is 10.7 Å². The van der Waals surface area contributed by atoms with Crippen LogP contribution in [-0.2, 0) is 16.0 Å². The summed E-state index contributed by atoms with van der Waals surface area (Å²) < 4.78 is 0. The van der Waals surface area contributed by atoms with E-state index in [0.717, 1.165) is 16.5 Å². The molecule has 0 aliphatic rings. The quantitative estimate of drug-likeness (QED) is 0.485. The van der Waals surface area contributed by atoms with Crippen molar-refractivity contribution in [3.63, 3.8) is 0 Å². The molecule has 0 bridgehead atoms. The average molecular weight is 399 g/mol. The zero-order chi connectivity index (χ0) is 20.1. The van der Waals surface area contributed by atoms with Gasteiger partial charge in [0.1, 0.15) is 11.7 Å². The van der Waals surface area contributed by atoms with E-state index in [-0.39, 0.29) is 13.0 Å². The molecule has 8 heteroatoms. The fourth-order valence-corrected chi connectivity index (χ4v) is 3.00. The van der Waals surface area contributed by atoms with E-state index in [4.69, 9.17) is 17.3 Å². The molecule has 0 fully saturated rings. The Morgan fingerprint density at radius 1 is 1.07 bits per heavy atom. The maximum absolute atomic E-state index is 12.7. The molecule has 0 spiro atoms. The number of aromatic nitrogens is 1. The normalized spacial score (nSPS) is 11.8.